The summed E-state index contributed by atoms with van der Waals surface area (Å²) >= 11 is 0. The molecule has 0 saturated carbocycles. The van der Waals surface area contributed by atoms with Gasteiger partial charge in [-0.1, -0.05) is 19.1 Å². The van der Waals surface area contributed by atoms with E-state index in [1.807, 2.05) is 24.3 Å². The fourth-order valence-corrected chi connectivity index (χ4v) is 4.62. The number of carbonyl (C=O) groups is 2. The van der Waals surface area contributed by atoms with Crippen LogP contribution >= 0.6 is 0 Å². The zero-order valence-corrected chi connectivity index (χ0v) is 17.8. The highest BCUT2D eigenvalue weighted by Crippen LogP contribution is 2.38. The lowest BCUT2D eigenvalue weighted by Gasteiger charge is -2.31. The molecule has 1 atom stereocenters. The average Bonchev–Trinajstić information content (AvgIpc) is 3.16. The molecule has 0 aliphatic carbocycles. The number of benzene rings is 1. The van der Waals surface area contributed by atoms with Crippen LogP contribution in [-0.4, -0.2) is 33.7 Å². The average molecular weight is 434 g/mol. The van der Waals surface area contributed by atoms with Crippen molar-refractivity contribution in [1.29, 1.82) is 0 Å². The van der Waals surface area contributed by atoms with Gasteiger partial charge in [0.2, 0.25) is 0 Å². The summed E-state index contributed by atoms with van der Waals surface area (Å²) in [6, 6.07) is 9.43. The number of hydrogen-bond acceptors (Lipinski definition) is 7. The summed E-state index contributed by atoms with van der Waals surface area (Å²) in [6.45, 7) is 1.86. The van der Waals surface area contributed by atoms with Gasteiger partial charge in [0, 0.05) is 22.9 Å². The molecule has 32 heavy (non-hydrogen) atoms. The highest BCUT2D eigenvalue weighted by molar-refractivity contribution is 5.88. The largest absolute Gasteiger partial charge is 0.469 e. The number of ether oxygens (including phenoxy) is 2. The van der Waals surface area contributed by atoms with Gasteiger partial charge < -0.3 is 19.1 Å². The maximum atomic E-state index is 13.2. The normalized spacial score (nSPS) is 18.7. The molecule has 1 unspecified atom stereocenters. The first-order valence-corrected chi connectivity index (χ1v) is 10.5. The van der Waals surface area contributed by atoms with Crippen LogP contribution in [-0.2, 0) is 44.2 Å². The molecule has 5 rings (SSSR count). The van der Waals surface area contributed by atoms with Crippen LogP contribution in [0.5, 0.6) is 0 Å². The van der Waals surface area contributed by atoms with Gasteiger partial charge in [0.05, 0.1) is 36.1 Å². The standard InChI is InChI=1S/C24H22N2O6/c1-3-24(30)17-10-19-21-14(11-26(19)22(28)16(17)12-32-23(24)29)9-15-13(7-8-20(27)31-2)5-4-6-18(15)25-21/h4-6,9-10,30H,3,7-8,11-12H2,1-2H3. The van der Waals surface area contributed by atoms with Crippen LogP contribution in [0.3, 0.4) is 0 Å². The lowest BCUT2D eigenvalue weighted by atomic mass is 9.86. The van der Waals surface area contributed by atoms with Crippen LogP contribution in [0.2, 0.25) is 0 Å². The molecule has 0 spiro atoms. The summed E-state index contributed by atoms with van der Waals surface area (Å²) in [4.78, 5) is 41.9. The predicted octanol–water partition coefficient (Wildman–Crippen LogP) is 2.19. The zero-order valence-electron chi connectivity index (χ0n) is 17.8. The highest BCUT2D eigenvalue weighted by atomic mass is 16.6. The second kappa shape index (κ2) is 7.27. The van der Waals surface area contributed by atoms with Crippen LogP contribution in [0.25, 0.3) is 22.3 Å². The molecule has 164 valence electrons. The quantitative estimate of drug-likeness (QED) is 0.491. The lowest BCUT2D eigenvalue weighted by Crippen LogP contribution is -2.44. The van der Waals surface area contributed by atoms with Gasteiger partial charge in [-0.15, -0.1) is 0 Å². The number of cyclic esters (lactones) is 1. The van der Waals surface area contributed by atoms with E-state index in [9.17, 15) is 19.5 Å². The molecule has 0 radical (unpaired) electrons. The van der Waals surface area contributed by atoms with Gasteiger partial charge in [-0.05, 0) is 36.6 Å². The number of carbonyl (C=O) groups excluding carboxylic acids is 2. The maximum absolute atomic E-state index is 13.2. The molecule has 2 aliphatic rings. The Hall–Kier alpha value is -3.52. The number of methoxy groups -OCH3 is 1. The third-order valence-corrected chi connectivity index (χ3v) is 6.47. The predicted molar refractivity (Wildman–Crippen MR) is 115 cm³/mol. The van der Waals surface area contributed by atoms with E-state index in [-0.39, 0.29) is 31.0 Å². The molecule has 0 bridgehead atoms. The summed E-state index contributed by atoms with van der Waals surface area (Å²) < 4.78 is 11.5. The lowest BCUT2D eigenvalue weighted by molar-refractivity contribution is -0.172. The van der Waals surface area contributed by atoms with Crippen molar-refractivity contribution in [2.75, 3.05) is 7.11 Å². The first-order chi connectivity index (χ1) is 15.4. The third kappa shape index (κ3) is 2.86. The van der Waals surface area contributed by atoms with E-state index in [1.165, 1.54) is 7.11 Å². The fourth-order valence-electron chi connectivity index (χ4n) is 4.62. The van der Waals surface area contributed by atoms with E-state index in [2.05, 4.69) is 0 Å². The van der Waals surface area contributed by atoms with Crippen molar-refractivity contribution in [3.8, 4) is 11.4 Å². The van der Waals surface area contributed by atoms with Gasteiger partial charge in [-0.3, -0.25) is 9.59 Å². The number of aliphatic hydroxyl groups is 1. The minimum Gasteiger partial charge on any atom is -0.469 e. The zero-order chi connectivity index (χ0) is 22.6. The summed E-state index contributed by atoms with van der Waals surface area (Å²) in [5.41, 5.74) is 2.29. The number of aryl methyl sites for hydroxylation is 1. The van der Waals surface area contributed by atoms with Crippen molar-refractivity contribution in [3.63, 3.8) is 0 Å². The van der Waals surface area contributed by atoms with Crippen LogP contribution in [0.1, 0.15) is 42.0 Å². The number of rotatable bonds is 4. The van der Waals surface area contributed by atoms with Crippen LogP contribution in [0, 0.1) is 0 Å². The van der Waals surface area contributed by atoms with Crippen molar-refractivity contribution in [3.05, 3.63) is 62.9 Å². The highest BCUT2D eigenvalue weighted by Gasteiger charge is 2.45. The molecule has 1 aromatic carbocycles. The minimum absolute atomic E-state index is 0.100. The van der Waals surface area contributed by atoms with Gasteiger partial charge in [0.15, 0.2) is 5.60 Å². The Morgan fingerprint density at radius 3 is 2.88 bits per heavy atom. The van der Waals surface area contributed by atoms with Crippen molar-refractivity contribution in [2.24, 2.45) is 0 Å². The molecule has 0 amide bonds. The molecule has 3 aromatic rings. The molecular formula is C24H22N2O6. The Balaban J connectivity index is 1.66. The van der Waals surface area contributed by atoms with Crippen LogP contribution in [0.4, 0.5) is 0 Å². The topological polar surface area (TPSA) is 108 Å². The molecule has 8 nitrogen and oxygen atoms in total. The minimum atomic E-state index is -1.84. The Bertz CT molecular complexity index is 1360. The monoisotopic (exact) mass is 434 g/mol. The number of fused-ring (bicyclic) bond motifs is 5. The summed E-state index contributed by atoms with van der Waals surface area (Å²) in [7, 11) is 1.37. The smallest absolute Gasteiger partial charge is 0.343 e. The van der Waals surface area contributed by atoms with Gasteiger partial charge in [0.25, 0.3) is 5.56 Å². The van der Waals surface area contributed by atoms with Gasteiger partial charge in [-0.2, -0.15) is 0 Å². The third-order valence-electron chi connectivity index (χ3n) is 6.47. The summed E-state index contributed by atoms with van der Waals surface area (Å²) in [5, 5.41) is 11.9. The van der Waals surface area contributed by atoms with Gasteiger partial charge >= 0.3 is 11.9 Å². The molecule has 1 N–H and O–H groups in total. The number of nitrogens with zero attached hydrogens (tertiary/aromatic N) is 2. The van der Waals surface area contributed by atoms with Gasteiger partial charge in [0.1, 0.15) is 6.61 Å². The number of aromatic nitrogens is 2. The fraction of sp³-hybridized carbons (Fsp3) is 0.333. The van der Waals surface area contributed by atoms with Crippen molar-refractivity contribution < 1.29 is 24.2 Å². The number of pyridine rings is 2. The first-order valence-electron chi connectivity index (χ1n) is 10.5. The Labute approximate surface area is 183 Å². The second-order valence-electron chi connectivity index (χ2n) is 8.16. The SMILES string of the molecule is CCC1(O)C(=O)OCc2c1cc1n(c2=O)Cc2cc3c(CCC(=O)OC)cccc3nc2-1. The van der Waals surface area contributed by atoms with Gasteiger partial charge in [-0.25, -0.2) is 9.78 Å². The molecule has 0 fully saturated rings. The Morgan fingerprint density at radius 1 is 1.31 bits per heavy atom. The summed E-state index contributed by atoms with van der Waals surface area (Å²) in [6.07, 6.45) is 0.890. The van der Waals surface area contributed by atoms with E-state index in [0.29, 0.717) is 35.5 Å². The van der Waals surface area contributed by atoms with E-state index in [4.69, 9.17) is 14.5 Å². The first kappa shape index (κ1) is 20.4. The van der Waals surface area contributed by atoms with Crippen LogP contribution in [0.15, 0.2) is 35.1 Å². The van der Waals surface area contributed by atoms with E-state index in [0.717, 1.165) is 22.0 Å². The Morgan fingerprint density at radius 2 is 2.12 bits per heavy atom. The van der Waals surface area contributed by atoms with E-state index >= 15 is 0 Å². The Kier molecular flexibility index (Phi) is 4.63. The van der Waals surface area contributed by atoms with Crippen molar-refractivity contribution in [2.45, 2.75) is 44.9 Å². The molecular weight excluding hydrogens is 412 g/mol. The molecule has 0 saturated heterocycles. The van der Waals surface area contributed by atoms with Crippen molar-refractivity contribution in [1.82, 2.24) is 9.55 Å². The van der Waals surface area contributed by atoms with E-state index in [1.54, 1.807) is 17.6 Å². The molecule has 2 aliphatic heterocycles. The van der Waals surface area contributed by atoms with Crippen LogP contribution < -0.4 is 5.56 Å². The second-order valence-corrected chi connectivity index (χ2v) is 8.16. The molecule has 8 heteroatoms. The number of esters is 2. The number of hydrogen-bond donors (Lipinski definition) is 1. The molecule has 2 aromatic heterocycles. The summed E-state index contributed by atoms with van der Waals surface area (Å²) in [5.74, 6) is -1.02. The van der Waals surface area contributed by atoms with E-state index < -0.39 is 11.6 Å². The molecule has 4 heterocycles. The van der Waals surface area contributed by atoms with Crippen molar-refractivity contribution >= 4 is 22.8 Å². The maximum Gasteiger partial charge on any atom is 0.343 e.